The number of benzene rings is 1. The SMILES string of the molecule is CC[C@H](C)[C@H](NC(=O)OC(C)(C)C)C(=O)OCOc1c(C(C)C)cccc1C(C)C. The van der Waals surface area contributed by atoms with Crippen molar-refractivity contribution in [3.05, 3.63) is 29.3 Å². The van der Waals surface area contributed by atoms with E-state index in [2.05, 4.69) is 33.0 Å². The van der Waals surface area contributed by atoms with Crippen molar-refractivity contribution in [1.29, 1.82) is 0 Å². The Balaban J connectivity index is 2.87. The Kier molecular flexibility index (Phi) is 9.66. The molecule has 170 valence electrons. The first-order valence-electron chi connectivity index (χ1n) is 10.8. The molecule has 0 spiro atoms. The van der Waals surface area contributed by atoms with Crippen LogP contribution in [0.4, 0.5) is 4.79 Å². The van der Waals surface area contributed by atoms with Crippen LogP contribution in [0.2, 0.25) is 0 Å². The number of rotatable bonds is 9. The Morgan fingerprint density at radius 1 is 1.00 bits per heavy atom. The molecule has 0 heterocycles. The van der Waals surface area contributed by atoms with E-state index >= 15 is 0 Å². The largest absolute Gasteiger partial charge is 0.457 e. The fraction of sp³-hybridized carbons (Fsp3) is 0.667. The predicted octanol–water partition coefficient (Wildman–Crippen LogP) is 5.75. The van der Waals surface area contributed by atoms with Gasteiger partial charge in [-0.05, 0) is 49.7 Å². The van der Waals surface area contributed by atoms with E-state index in [0.29, 0.717) is 6.42 Å². The van der Waals surface area contributed by atoms with Gasteiger partial charge in [0, 0.05) is 0 Å². The quantitative estimate of drug-likeness (QED) is 0.406. The molecule has 1 N–H and O–H groups in total. The molecule has 30 heavy (non-hydrogen) atoms. The lowest BCUT2D eigenvalue weighted by atomic mass is 9.94. The molecule has 6 heteroatoms. The second-order valence-corrected chi connectivity index (χ2v) is 9.31. The first-order chi connectivity index (χ1) is 13.9. The molecule has 0 aromatic heterocycles. The van der Waals surface area contributed by atoms with Crippen LogP contribution in [0.1, 0.15) is 91.7 Å². The summed E-state index contributed by atoms with van der Waals surface area (Å²) < 4.78 is 16.6. The molecule has 0 fully saturated rings. The standard InChI is InChI=1S/C24H39NO5/c1-10-17(6)20(25-23(27)30-24(7,8)9)22(26)29-14-28-21-18(15(2)3)12-11-13-19(21)16(4)5/h11-13,15-17,20H,10,14H2,1-9H3,(H,25,27)/t17-,20-/m0/s1. The monoisotopic (exact) mass is 421 g/mol. The maximum Gasteiger partial charge on any atom is 0.408 e. The lowest BCUT2D eigenvalue weighted by Gasteiger charge is -2.26. The van der Waals surface area contributed by atoms with E-state index in [1.807, 2.05) is 32.0 Å². The molecule has 0 aliphatic rings. The van der Waals surface area contributed by atoms with Gasteiger partial charge < -0.3 is 19.5 Å². The Morgan fingerprint density at radius 2 is 1.53 bits per heavy atom. The van der Waals surface area contributed by atoms with Crippen LogP contribution in [0.25, 0.3) is 0 Å². The molecule has 0 saturated heterocycles. The lowest BCUT2D eigenvalue weighted by molar-refractivity contribution is -0.154. The van der Waals surface area contributed by atoms with E-state index in [9.17, 15) is 9.59 Å². The molecule has 0 saturated carbocycles. The Hall–Kier alpha value is -2.24. The van der Waals surface area contributed by atoms with Crippen LogP contribution in [0, 0.1) is 5.92 Å². The maximum absolute atomic E-state index is 12.7. The van der Waals surface area contributed by atoms with Gasteiger partial charge in [-0.1, -0.05) is 66.2 Å². The topological polar surface area (TPSA) is 73.9 Å². The smallest absolute Gasteiger partial charge is 0.408 e. The minimum Gasteiger partial charge on any atom is -0.457 e. The van der Waals surface area contributed by atoms with E-state index < -0.39 is 23.7 Å². The minimum absolute atomic E-state index is 0.112. The predicted molar refractivity (Wildman–Crippen MR) is 119 cm³/mol. The summed E-state index contributed by atoms with van der Waals surface area (Å²) in [7, 11) is 0. The molecule has 0 aliphatic carbocycles. The summed E-state index contributed by atoms with van der Waals surface area (Å²) in [5.74, 6) is 0.658. The zero-order chi connectivity index (χ0) is 23.1. The van der Waals surface area contributed by atoms with Crippen LogP contribution in [-0.4, -0.2) is 30.5 Å². The van der Waals surface area contributed by atoms with Crippen molar-refractivity contribution in [2.75, 3.05) is 6.79 Å². The van der Waals surface area contributed by atoms with Crippen LogP contribution < -0.4 is 10.1 Å². The summed E-state index contributed by atoms with van der Waals surface area (Å²) in [6.45, 7) is 17.3. The maximum atomic E-state index is 12.7. The molecule has 0 unspecified atom stereocenters. The van der Waals surface area contributed by atoms with Gasteiger partial charge in [-0.15, -0.1) is 0 Å². The Labute approximate surface area is 181 Å². The number of para-hydroxylation sites is 1. The van der Waals surface area contributed by atoms with Gasteiger partial charge in [-0.2, -0.15) is 0 Å². The molecular weight excluding hydrogens is 382 g/mol. The average molecular weight is 422 g/mol. The van der Waals surface area contributed by atoms with Crippen molar-refractivity contribution in [1.82, 2.24) is 5.32 Å². The van der Waals surface area contributed by atoms with E-state index in [-0.39, 0.29) is 24.5 Å². The van der Waals surface area contributed by atoms with E-state index in [1.165, 1.54) is 0 Å². The third-order valence-electron chi connectivity index (χ3n) is 4.86. The van der Waals surface area contributed by atoms with Crippen molar-refractivity contribution < 1.29 is 23.8 Å². The summed E-state index contributed by atoms with van der Waals surface area (Å²) in [5, 5.41) is 2.64. The van der Waals surface area contributed by atoms with Crippen molar-refractivity contribution in [2.24, 2.45) is 5.92 Å². The van der Waals surface area contributed by atoms with Crippen molar-refractivity contribution in [3.8, 4) is 5.75 Å². The van der Waals surface area contributed by atoms with E-state index in [4.69, 9.17) is 14.2 Å². The summed E-state index contributed by atoms with van der Waals surface area (Å²) >= 11 is 0. The number of nitrogens with one attached hydrogen (secondary N) is 1. The number of alkyl carbamates (subject to hydrolysis) is 1. The van der Waals surface area contributed by atoms with Gasteiger partial charge in [-0.25, -0.2) is 9.59 Å². The summed E-state index contributed by atoms with van der Waals surface area (Å²) in [6.07, 6.45) is 0.0577. The molecule has 1 amide bonds. The number of carbonyl (C=O) groups excluding carboxylic acids is 2. The Morgan fingerprint density at radius 3 is 1.97 bits per heavy atom. The highest BCUT2D eigenvalue weighted by Crippen LogP contribution is 2.34. The number of hydrogen-bond donors (Lipinski definition) is 1. The molecule has 1 aromatic rings. The lowest BCUT2D eigenvalue weighted by Crippen LogP contribution is -2.47. The third kappa shape index (κ3) is 7.88. The van der Waals surface area contributed by atoms with Gasteiger partial charge in [0.1, 0.15) is 17.4 Å². The van der Waals surface area contributed by atoms with Gasteiger partial charge in [0.25, 0.3) is 0 Å². The molecular formula is C24H39NO5. The van der Waals surface area contributed by atoms with Crippen LogP contribution in [0.5, 0.6) is 5.75 Å². The van der Waals surface area contributed by atoms with Gasteiger partial charge in [0.15, 0.2) is 0 Å². The van der Waals surface area contributed by atoms with E-state index in [0.717, 1.165) is 16.9 Å². The highest BCUT2D eigenvalue weighted by molar-refractivity contribution is 5.81. The van der Waals surface area contributed by atoms with Crippen LogP contribution in [-0.2, 0) is 14.3 Å². The van der Waals surface area contributed by atoms with Gasteiger partial charge in [-0.3, -0.25) is 0 Å². The molecule has 1 rings (SSSR count). The van der Waals surface area contributed by atoms with Crippen LogP contribution in [0.3, 0.4) is 0 Å². The number of hydrogen-bond acceptors (Lipinski definition) is 5. The number of ether oxygens (including phenoxy) is 3. The number of carbonyl (C=O) groups is 2. The highest BCUT2D eigenvalue weighted by Gasteiger charge is 2.29. The average Bonchev–Trinajstić information content (AvgIpc) is 2.63. The summed E-state index contributed by atoms with van der Waals surface area (Å²) in [6, 6.07) is 5.27. The molecule has 0 aliphatic heterocycles. The minimum atomic E-state index is -0.807. The fourth-order valence-corrected chi connectivity index (χ4v) is 2.99. The molecule has 2 atom stereocenters. The highest BCUT2D eigenvalue weighted by atomic mass is 16.7. The summed E-state index contributed by atoms with van der Waals surface area (Å²) in [5.41, 5.74) is 1.50. The fourth-order valence-electron chi connectivity index (χ4n) is 2.99. The second kappa shape index (κ2) is 11.2. The molecule has 0 radical (unpaired) electrons. The molecule has 6 nitrogen and oxygen atoms in total. The zero-order valence-electron chi connectivity index (χ0n) is 20.0. The summed E-state index contributed by atoms with van der Waals surface area (Å²) in [4.78, 5) is 24.9. The van der Waals surface area contributed by atoms with Crippen LogP contribution in [0.15, 0.2) is 18.2 Å². The van der Waals surface area contributed by atoms with Crippen molar-refractivity contribution in [2.45, 2.75) is 92.2 Å². The molecule has 0 bridgehead atoms. The van der Waals surface area contributed by atoms with Crippen molar-refractivity contribution >= 4 is 12.1 Å². The second-order valence-electron chi connectivity index (χ2n) is 9.31. The first-order valence-corrected chi connectivity index (χ1v) is 10.8. The zero-order valence-corrected chi connectivity index (χ0v) is 20.0. The number of amides is 1. The first kappa shape index (κ1) is 25.8. The van der Waals surface area contributed by atoms with Gasteiger partial charge in [0.05, 0.1) is 0 Å². The van der Waals surface area contributed by atoms with Gasteiger partial charge in [0.2, 0.25) is 6.79 Å². The van der Waals surface area contributed by atoms with E-state index in [1.54, 1.807) is 20.8 Å². The normalized spacial score (nSPS) is 13.7. The molecule has 1 aromatic carbocycles. The third-order valence-corrected chi connectivity index (χ3v) is 4.86. The number of esters is 1. The van der Waals surface area contributed by atoms with Crippen molar-refractivity contribution in [3.63, 3.8) is 0 Å². The Bertz CT molecular complexity index is 680. The van der Waals surface area contributed by atoms with Crippen LogP contribution >= 0.6 is 0 Å². The van der Waals surface area contributed by atoms with Gasteiger partial charge >= 0.3 is 12.1 Å².